The van der Waals surface area contributed by atoms with Gasteiger partial charge in [-0.05, 0) is 36.6 Å². The summed E-state index contributed by atoms with van der Waals surface area (Å²) < 4.78 is 65.4. The van der Waals surface area contributed by atoms with Crippen LogP contribution in [-0.2, 0) is 21.4 Å². The molecule has 4 rings (SSSR count). The van der Waals surface area contributed by atoms with E-state index in [0.717, 1.165) is 12.3 Å². The van der Waals surface area contributed by atoms with Gasteiger partial charge in [0, 0.05) is 17.8 Å². The number of aromatic nitrogens is 3. The van der Waals surface area contributed by atoms with E-state index < -0.39 is 27.1 Å². The quantitative estimate of drug-likeness (QED) is 0.641. The largest absolute Gasteiger partial charge is 0.433 e. The zero-order valence-corrected chi connectivity index (χ0v) is 16.0. The molecule has 0 amide bonds. The highest BCUT2D eigenvalue weighted by atomic mass is 32.2. The van der Waals surface area contributed by atoms with Crippen LogP contribution >= 0.6 is 0 Å². The lowest BCUT2D eigenvalue weighted by Crippen LogP contribution is -2.12. The van der Waals surface area contributed by atoms with E-state index in [1.165, 1.54) is 23.9 Å². The minimum Gasteiger partial charge on any atom is -0.251 e. The molecule has 1 fully saturated rings. The maximum Gasteiger partial charge on any atom is 0.433 e. The maximum absolute atomic E-state index is 12.9. The van der Waals surface area contributed by atoms with Gasteiger partial charge < -0.3 is 0 Å². The smallest absolute Gasteiger partial charge is 0.251 e. The number of alkyl halides is 3. The van der Waals surface area contributed by atoms with Crippen LogP contribution in [0.5, 0.6) is 0 Å². The number of halogens is 3. The Balaban J connectivity index is 1.89. The Labute approximate surface area is 164 Å². The van der Waals surface area contributed by atoms with E-state index in [-0.39, 0.29) is 21.9 Å². The molecule has 10 heteroatoms. The number of sulfone groups is 1. The Morgan fingerprint density at radius 1 is 1.28 bits per heavy atom. The lowest BCUT2D eigenvalue weighted by molar-refractivity contribution is -0.141. The molecule has 0 aliphatic heterocycles. The molecule has 3 aromatic rings. The Morgan fingerprint density at radius 2 is 2.00 bits per heavy atom. The topological polar surface area (TPSA) is 88.6 Å². The van der Waals surface area contributed by atoms with Crippen molar-refractivity contribution < 1.29 is 21.6 Å². The number of hydrogen-bond donors (Lipinski definition) is 0. The number of rotatable bonds is 4. The van der Waals surface area contributed by atoms with Crippen molar-refractivity contribution in [2.75, 3.05) is 5.75 Å². The average Bonchev–Trinajstić information content (AvgIpc) is 3.38. The molecule has 2 aromatic heterocycles. The minimum atomic E-state index is -4.60. The van der Waals surface area contributed by atoms with Crippen molar-refractivity contribution in [1.29, 1.82) is 5.26 Å². The fourth-order valence-electron chi connectivity index (χ4n) is 3.19. The third kappa shape index (κ3) is 3.25. The molecule has 150 valence electrons. The van der Waals surface area contributed by atoms with E-state index in [0.29, 0.717) is 23.8 Å². The summed E-state index contributed by atoms with van der Waals surface area (Å²) >= 11 is 0. The van der Waals surface area contributed by atoms with Crippen LogP contribution in [0.15, 0.2) is 41.6 Å². The summed E-state index contributed by atoms with van der Waals surface area (Å²) in [5.41, 5.74) is -0.858. The summed E-state index contributed by atoms with van der Waals surface area (Å²) in [6, 6.07) is 7.75. The molecule has 0 N–H and O–H groups in total. The summed E-state index contributed by atoms with van der Waals surface area (Å²) in [5.74, 6) is -0.163. The fourth-order valence-corrected chi connectivity index (χ4v) is 4.29. The van der Waals surface area contributed by atoms with E-state index in [9.17, 15) is 26.9 Å². The van der Waals surface area contributed by atoms with Crippen LogP contribution in [0.25, 0.3) is 16.6 Å². The molecule has 0 atom stereocenters. The van der Waals surface area contributed by atoms with Crippen LogP contribution in [0.4, 0.5) is 13.2 Å². The van der Waals surface area contributed by atoms with Crippen LogP contribution < -0.4 is 0 Å². The van der Waals surface area contributed by atoms with Crippen molar-refractivity contribution in [3.8, 4) is 11.8 Å². The van der Waals surface area contributed by atoms with Gasteiger partial charge in [-0.1, -0.05) is 13.0 Å². The molecule has 1 aromatic carbocycles. The predicted octanol–water partition coefficient (Wildman–Crippen LogP) is 3.79. The molecular formula is C19H15F3N4O2S. The van der Waals surface area contributed by atoms with E-state index >= 15 is 0 Å². The highest BCUT2D eigenvalue weighted by Crippen LogP contribution is 2.48. The van der Waals surface area contributed by atoms with E-state index in [4.69, 9.17) is 0 Å². The highest BCUT2D eigenvalue weighted by Gasteiger charge is 2.45. The van der Waals surface area contributed by atoms with Crippen LogP contribution in [0.1, 0.15) is 31.0 Å². The van der Waals surface area contributed by atoms with Gasteiger partial charge in [0.05, 0.1) is 33.3 Å². The number of hydrogen-bond acceptors (Lipinski definition) is 5. The first kappa shape index (κ1) is 19.4. The van der Waals surface area contributed by atoms with E-state index in [1.807, 2.05) is 0 Å². The van der Waals surface area contributed by atoms with Gasteiger partial charge in [0.1, 0.15) is 5.69 Å². The Hall–Kier alpha value is -2.93. The third-order valence-electron chi connectivity index (χ3n) is 5.12. The molecule has 0 unspecified atom stereocenters. The molecule has 29 heavy (non-hydrogen) atoms. The minimum absolute atomic E-state index is 0.00386. The summed E-state index contributed by atoms with van der Waals surface area (Å²) in [7, 11) is -3.67. The summed E-state index contributed by atoms with van der Waals surface area (Å²) in [5, 5.41) is 13.9. The second-order valence-electron chi connectivity index (χ2n) is 6.98. The van der Waals surface area contributed by atoms with Crippen molar-refractivity contribution in [1.82, 2.24) is 14.8 Å². The monoisotopic (exact) mass is 420 g/mol. The molecule has 1 saturated carbocycles. The van der Waals surface area contributed by atoms with Crippen LogP contribution in [0, 0.1) is 11.3 Å². The zero-order chi connectivity index (χ0) is 21.0. The van der Waals surface area contributed by atoms with E-state index in [1.54, 1.807) is 12.1 Å². The number of nitriles is 1. The second-order valence-corrected chi connectivity index (χ2v) is 9.23. The van der Waals surface area contributed by atoms with Crippen molar-refractivity contribution in [3.63, 3.8) is 0 Å². The molecule has 1 aliphatic rings. The molecule has 0 saturated heterocycles. The predicted molar refractivity (Wildman–Crippen MR) is 98.1 cm³/mol. The zero-order valence-electron chi connectivity index (χ0n) is 15.2. The summed E-state index contributed by atoms with van der Waals surface area (Å²) in [6.07, 6.45) is -0.799. The first-order valence-electron chi connectivity index (χ1n) is 8.81. The maximum atomic E-state index is 12.9. The number of pyridine rings is 1. The Bertz CT molecular complexity index is 1270. The van der Waals surface area contributed by atoms with Gasteiger partial charge in [-0.2, -0.15) is 23.5 Å². The van der Waals surface area contributed by atoms with Gasteiger partial charge in [0.15, 0.2) is 9.84 Å². The van der Waals surface area contributed by atoms with Crippen molar-refractivity contribution >= 4 is 20.7 Å². The van der Waals surface area contributed by atoms with Gasteiger partial charge in [-0.3, -0.25) is 4.98 Å². The normalized spacial score (nSPS) is 16.0. The van der Waals surface area contributed by atoms with E-state index in [2.05, 4.69) is 16.2 Å². The van der Waals surface area contributed by atoms with Crippen LogP contribution in [0.3, 0.4) is 0 Å². The number of benzene rings is 1. The van der Waals surface area contributed by atoms with Gasteiger partial charge in [0.2, 0.25) is 0 Å². The standard InChI is InChI=1S/C19H15F3N4O2S/c1-2-29(27,28)16-7-13(18(11-23)5-6-18)3-4-15(16)26-10-12-9-24-17(19(20,21)22)8-14(12)25-26/h3-4,7-10H,2,5-6H2,1H3. The Kier molecular flexibility index (Phi) is 4.20. The van der Waals surface area contributed by atoms with Gasteiger partial charge in [-0.25, -0.2) is 13.1 Å². The molecule has 0 radical (unpaired) electrons. The summed E-state index contributed by atoms with van der Waals surface area (Å²) in [6.45, 7) is 1.50. The molecule has 2 heterocycles. The number of fused-ring (bicyclic) bond motifs is 1. The molecule has 0 spiro atoms. The molecule has 6 nitrogen and oxygen atoms in total. The molecule has 0 bridgehead atoms. The van der Waals surface area contributed by atoms with Crippen LogP contribution in [0.2, 0.25) is 0 Å². The molecular weight excluding hydrogens is 405 g/mol. The SMILES string of the molecule is CCS(=O)(=O)c1cc(C2(C#N)CC2)ccc1-n1cc2cnc(C(F)(F)F)cc2n1. The van der Waals surface area contributed by atoms with Gasteiger partial charge in [-0.15, -0.1) is 0 Å². The lowest BCUT2D eigenvalue weighted by atomic mass is 9.97. The van der Waals surface area contributed by atoms with Crippen molar-refractivity contribution in [2.45, 2.75) is 36.3 Å². The first-order chi connectivity index (χ1) is 13.6. The van der Waals surface area contributed by atoms with Crippen molar-refractivity contribution in [3.05, 3.63) is 47.9 Å². The van der Waals surface area contributed by atoms with Crippen molar-refractivity contribution in [2.24, 2.45) is 0 Å². The Morgan fingerprint density at radius 3 is 2.59 bits per heavy atom. The highest BCUT2D eigenvalue weighted by molar-refractivity contribution is 7.91. The van der Waals surface area contributed by atoms with Crippen LogP contribution in [-0.4, -0.2) is 28.9 Å². The fraction of sp³-hybridized carbons (Fsp3) is 0.316. The van der Waals surface area contributed by atoms with Gasteiger partial charge >= 0.3 is 6.18 Å². The lowest BCUT2D eigenvalue weighted by Gasteiger charge is -2.14. The van der Waals surface area contributed by atoms with Gasteiger partial charge in [0.25, 0.3) is 0 Å². The molecule has 1 aliphatic carbocycles. The second kappa shape index (κ2) is 6.29. The number of nitrogens with zero attached hydrogens (tertiary/aromatic N) is 4. The first-order valence-corrected chi connectivity index (χ1v) is 10.5. The summed E-state index contributed by atoms with van der Waals surface area (Å²) in [4.78, 5) is 3.40. The third-order valence-corrected chi connectivity index (χ3v) is 6.87. The average molecular weight is 420 g/mol.